The highest BCUT2D eigenvalue weighted by Crippen LogP contribution is 2.51. The largest absolute Gasteiger partial charge is 0.489 e. The molecule has 2 aliphatic rings. The summed E-state index contributed by atoms with van der Waals surface area (Å²) in [5, 5.41) is 11.6. The Labute approximate surface area is 145 Å². The maximum absolute atomic E-state index is 12.0. The summed E-state index contributed by atoms with van der Waals surface area (Å²) >= 11 is 0. The van der Waals surface area contributed by atoms with Crippen LogP contribution in [0.2, 0.25) is 0 Å². The molecule has 1 aromatic carbocycles. The molecule has 4 rings (SSSR count). The summed E-state index contributed by atoms with van der Waals surface area (Å²) in [7, 11) is 0. The molecule has 0 fully saturated rings. The van der Waals surface area contributed by atoms with Crippen LogP contribution in [0, 0.1) is 12.8 Å². The summed E-state index contributed by atoms with van der Waals surface area (Å²) in [6.45, 7) is 9.63. The number of rotatable bonds is 0. The smallest absolute Gasteiger partial charge is 0.336 e. The van der Waals surface area contributed by atoms with Gasteiger partial charge in [-0.1, -0.05) is 6.92 Å². The van der Waals surface area contributed by atoms with Gasteiger partial charge in [0.2, 0.25) is 0 Å². The van der Waals surface area contributed by atoms with Gasteiger partial charge in [0.05, 0.1) is 22.6 Å². The fourth-order valence-corrected chi connectivity index (χ4v) is 3.61. The van der Waals surface area contributed by atoms with Gasteiger partial charge in [0.15, 0.2) is 5.58 Å². The second-order valence-electron chi connectivity index (χ2n) is 7.60. The predicted molar refractivity (Wildman–Crippen MR) is 95.2 cm³/mol. The van der Waals surface area contributed by atoms with Crippen LogP contribution < -0.4 is 15.1 Å². The van der Waals surface area contributed by atoms with Crippen molar-refractivity contribution in [2.45, 2.75) is 52.4 Å². The van der Waals surface area contributed by atoms with E-state index in [1.165, 1.54) is 6.07 Å². The normalized spacial score (nSPS) is 26.6. The number of hydrogen-bond acceptors (Lipinski definition) is 5. The second kappa shape index (κ2) is 5.11. The Hall–Kier alpha value is -2.27. The van der Waals surface area contributed by atoms with E-state index in [0.717, 1.165) is 16.5 Å². The number of aliphatic hydroxyl groups excluding tert-OH is 1. The van der Waals surface area contributed by atoms with Gasteiger partial charge < -0.3 is 19.0 Å². The van der Waals surface area contributed by atoms with E-state index < -0.39 is 17.3 Å². The molecule has 0 saturated carbocycles. The van der Waals surface area contributed by atoms with Crippen LogP contribution in [-0.4, -0.2) is 16.8 Å². The summed E-state index contributed by atoms with van der Waals surface area (Å²) in [4.78, 5) is 12.0. The van der Waals surface area contributed by atoms with Crippen LogP contribution in [0.1, 0.15) is 50.5 Å². The average Bonchev–Trinajstić information content (AvgIpc) is 2.50. The highest BCUT2D eigenvalue weighted by atomic mass is 16.5. The molecule has 0 unspecified atom stereocenters. The molecule has 0 radical (unpaired) electrons. The van der Waals surface area contributed by atoms with Gasteiger partial charge in [-0.15, -0.1) is 0 Å². The molecule has 0 amide bonds. The average molecular weight is 342 g/mol. The first-order valence-electron chi connectivity index (χ1n) is 8.57. The van der Waals surface area contributed by atoms with E-state index in [4.69, 9.17) is 13.9 Å². The maximum atomic E-state index is 12.0. The minimum atomic E-state index is -0.778. The molecule has 3 atom stereocenters. The fourth-order valence-electron chi connectivity index (χ4n) is 3.61. The van der Waals surface area contributed by atoms with Crippen molar-refractivity contribution in [2.75, 3.05) is 0 Å². The van der Waals surface area contributed by atoms with E-state index in [-0.39, 0.29) is 12.0 Å². The first-order chi connectivity index (χ1) is 11.7. The lowest BCUT2D eigenvalue weighted by Crippen LogP contribution is -2.34. The lowest BCUT2D eigenvalue weighted by molar-refractivity contribution is 0.0173. The highest BCUT2D eigenvalue weighted by molar-refractivity contribution is 5.97. The van der Waals surface area contributed by atoms with Gasteiger partial charge in [-0.3, -0.25) is 0 Å². The van der Waals surface area contributed by atoms with Gasteiger partial charge in [0.25, 0.3) is 0 Å². The number of benzene rings is 1. The molecule has 0 bridgehead atoms. The van der Waals surface area contributed by atoms with Crippen LogP contribution in [0.25, 0.3) is 17.0 Å². The SMILES string of the molecule is Cc1cc(=O)oc2c3c(c4c(c12)OC(C)(C)C=C4)O[C@H](C)[C@@H](C)[C@@H]3O. The Morgan fingerprint density at radius 2 is 1.92 bits per heavy atom. The minimum absolute atomic E-state index is 0.121. The van der Waals surface area contributed by atoms with Crippen LogP contribution >= 0.6 is 0 Å². The zero-order valence-corrected chi connectivity index (χ0v) is 15.0. The zero-order valence-electron chi connectivity index (χ0n) is 15.0. The van der Waals surface area contributed by atoms with Gasteiger partial charge in [0, 0.05) is 12.0 Å². The van der Waals surface area contributed by atoms with Gasteiger partial charge in [-0.25, -0.2) is 4.79 Å². The van der Waals surface area contributed by atoms with Crippen LogP contribution in [0.15, 0.2) is 21.4 Å². The third-order valence-electron chi connectivity index (χ3n) is 5.22. The molecule has 5 heteroatoms. The van der Waals surface area contributed by atoms with Crippen molar-refractivity contribution in [3.8, 4) is 11.5 Å². The van der Waals surface area contributed by atoms with Crippen molar-refractivity contribution in [2.24, 2.45) is 5.92 Å². The Kier molecular flexibility index (Phi) is 3.32. The third-order valence-corrected chi connectivity index (χ3v) is 5.22. The molecule has 0 aliphatic carbocycles. The topological polar surface area (TPSA) is 68.9 Å². The van der Waals surface area contributed by atoms with E-state index in [0.29, 0.717) is 22.6 Å². The molecule has 0 saturated heterocycles. The minimum Gasteiger partial charge on any atom is -0.489 e. The first kappa shape index (κ1) is 16.2. The first-order valence-corrected chi connectivity index (χ1v) is 8.57. The molecular formula is C20H22O5. The van der Waals surface area contributed by atoms with Crippen molar-refractivity contribution in [1.82, 2.24) is 0 Å². The van der Waals surface area contributed by atoms with Gasteiger partial charge in [-0.05, 0) is 45.4 Å². The second-order valence-corrected chi connectivity index (χ2v) is 7.60. The molecule has 3 heterocycles. The van der Waals surface area contributed by atoms with Crippen molar-refractivity contribution in [1.29, 1.82) is 0 Å². The Morgan fingerprint density at radius 3 is 2.64 bits per heavy atom. The van der Waals surface area contributed by atoms with Crippen molar-refractivity contribution < 1.29 is 19.0 Å². The lowest BCUT2D eigenvalue weighted by Gasteiger charge is -2.37. The van der Waals surface area contributed by atoms with E-state index in [1.54, 1.807) is 0 Å². The molecule has 0 spiro atoms. The fraction of sp³-hybridized carbons (Fsp3) is 0.450. The third kappa shape index (κ3) is 2.29. The molecule has 2 aromatic rings. The van der Waals surface area contributed by atoms with Crippen molar-refractivity contribution in [3.63, 3.8) is 0 Å². The molecule has 132 valence electrons. The standard InChI is InChI=1S/C20H22O5/c1-9-8-13(21)24-19-14(9)18-12(6-7-20(4,5)25-18)17-15(19)16(22)10(2)11(3)23-17/h6-8,10-11,16,22H,1-5H3/t10-,11-,16+/m1/s1. The molecular weight excluding hydrogens is 320 g/mol. The van der Waals surface area contributed by atoms with Crippen LogP contribution in [0.4, 0.5) is 0 Å². The van der Waals surface area contributed by atoms with Crippen LogP contribution in [0.5, 0.6) is 11.5 Å². The van der Waals surface area contributed by atoms with E-state index in [1.807, 2.05) is 46.8 Å². The van der Waals surface area contributed by atoms with Gasteiger partial charge in [-0.2, -0.15) is 0 Å². The number of aryl methyl sites for hydroxylation is 1. The van der Waals surface area contributed by atoms with Gasteiger partial charge in [0.1, 0.15) is 23.2 Å². The number of ether oxygens (including phenoxy) is 2. The van der Waals surface area contributed by atoms with E-state index in [2.05, 4.69) is 0 Å². The monoisotopic (exact) mass is 342 g/mol. The summed E-state index contributed by atoms with van der Waals surface area (Å²) in [6, 6.07) is 1.45. The summed E-state index contributed by atoms with van der Waals surface area (Å²) in [5.41, 5.74) is 1.51. The van der Waals surface area contributed by atoms with Crippen LogP contribution in [-0.2, 0) is 0 Å². The number of aliphatic hydroxyl groups is 1. The van der Waals surface area contributed by atoms with Gasteiger partial charge >= 0.3 is 5.63 Å². The molecule has 1 N–H and O–H groups in total. The number of fused-ring (bicyclic) bond motifs is 6. The molecule has 25 heavy (non-hydrogen) atoms. The quantitative estimate of drug-likeness (QED) is 0.739. The molecule has 2 aliphatic heterocycles. The molecule has 5 nitrogen and oxygen atoms in total. The van der Waals surface area contributed by atoms with Crippen LogP contribution in [0.3, 0.4) is 0 Å². The Balaban J connectivity index is 2.18. The van der Waals surface area contributed by atoms with E-state index in [9.17, 15) is 9.90 Å². The van der Waals surface area contributed by atoms with Crippen molar-refractivity contribution >= 4 is 17.0 Å². The summed E-state index contributed by atoms with van der Waals surface area (Å²) < 4.78 is 17.9. The Morgan fingerprint density at radius 1 is 1.20 bits per heavy atom. The van der Waals surface area contributed by atoms with E-state index >= 15 is 0 Å². The lowest BCUT2D eigenvalue weighted by atomic mass is 9.85. The zero-order chi connectivity index (χ0) is 18.1. The number of hydrogen-bond donors (Lipinski definition) is 1. The van der Waals surface area contributed by atoms with Crippen molar-refractivity contribution in [3.05, 3.63) is 39.3 Å². The summed E-state index contributed by atoms with van der Waals surface area (Å²) in [5.74, 6) is 1.06. The Bertz CT molecular complexity index is 966. The predicted octanol–water partition coefficient (Wildman–Crippen LogP) is 3.74. The molecule has 1 aromatic heterocycles. The highest BCUT2D eigenvalue weighted by Gasteiger charge is 2.39. The maximum Gasteiger partial charge on any atom is 0.336 e. The summed E-state index contributed by atoms with van der Waals surface area (Å²) in [6.07, 6.45) is 2.99.